The maximum Gasteiger partial charge on any atom is 0.163 e. The van der Waals surface area contributed by atoms with E-state index >= 15 is 0 Å². The number of halogens is 3. The largest absolute Gasteiger partial charge is 0.294 e. The summed E-state index contributed by atoms with van der Waals surface area (Å²) in [4.78, 5) is 14.2. The van der Waals surface area contributed by atoms with Crippen molar-refractivity contribution in [3.63, 3.8) is 0 Å². The van der Waals surface area contributed by atoms with Crippen LogP contribution in [0.2, 0.25) is 0 Å². The molecule has 23 heavy (non-hydrogen) atoms. The van der Waals surface area contributed by atoms with Crippen LogP contribution >= 0.6 is 22.6 Å². The molecule has 2 nitrogen and oxygen atoms in total. The fourth-order valence-electron chi connectivity index (χ4n) is 3.23. The van der Waals surface area contributed by atoms with Crippen LogP contribution in [-0.2, 0) is 8.34 Å². The van der Waals surface area contributed by atoms with Crippen molar-refractivity contribution in [1.82, 2.24) is 4.90 Å². The lowest BCUT2D eigenvalue weighted by atomic mass is 9.93. The van der Waals surface area contributed by atoms with E-state index < -0.39 is 15.2 Å². The van der Waals surface area contributed by atoms with Gasteiger partial charge in [-0.3, -0.25) is 9.69 Å². The Morgan fingerprint density at radius 3 is 2.87 bits per heavy atom. The minimum absolute atomic E-state index is 0.108. The number of nitrogens with zero attached hydrogens (tertiary/aromatic N) is 1. The van der Waals surface area contributed by atoms with Crippen molar-refractivity contribution in [2.24, 2.45) is 0 Å². The highest BCUT2D eigenvalue weighted by atomic mass is 127. The summed E-state index contributed by atoms with van der Waals surface area (Å²) in [7, 11) is 0. The van der Waals surface area contributed by atoms with Crippen molar-refractivity contribution in [2.45, 2.75) is 29.2 Å². The molecular formula is C18H18F2INO. The first-order chi connectivity index (χ1) is 11.0. The lowest BCUT2D eigenvalue weighted by Crippen LogP contribution is -2.47. The molecule has 0 bridgehead atoms. The lowest BCUT2D eigenvalue weighted by Gasteiger charge is -2.44. The third-order valence-electron chi connectivity index (χ3n) is 4.48. The highest BCUT2D eigenvalue weighted by molar-refractivity contribution is 14.1. The predicted molar refractivity (Wildman–Crippen MR) is 94.3 cm³/mol. The molecule has 1 heterocycles. The van der Waals surface area contributed by atoms with Gasteiger partial charge in [0.05, 0.1) is 0 Å². The van der Waals surface area contributed by atoms with Crippen molar-refractivity contribution >= 4 is 28.4 Å². The molecule has 0 amide bonds. The van der Waals surface area contributed by atoms with E-state index in [2.05, 4.69) is 27.5 Å². The third-order valence-corrected chi connectivity index (χ3v) is 6.29. The van der Waals surface area contributed by atoms with Crippen LogP contribution in [0.25, 0.3) is 0 Å². The van der Waals surface area contributed by atoms with Crippen LogP contribution in [0.4, 0.5) is 8.78 Å². The lowest BCUT2D eigenvalue weighted by molar-refractivity contribution is -0.115. The van der Waals surface area contributed by atoms with E-state index in [0.717, 1.165) is 37.4 Å². The van der Waals surface area contributed by atoms with Gasteiger partial charge in [0.1, 0.15) is 15.2 Å². The van der Waals surface area contributed by atoms with Crippen molar-refractivity contribution in [3.05, 3.63) is 59.2 Å². The molecule has 1 saturated heterocycles. The Morgan fingerprint density at radius 1 is 1.26 bits per heavy atom. The van der Waals surface area contributed by atoms with Gasteiger partial charge in [-0.15, -0.1) is 0 Å². The third kappa shape index (κ3) is 3.40. The topological polar surface area (TPSA) is 20.3 Å². The zero-order valence-electron chi connectivity index (χ0n) is 12.7. The number of ketones is 1. The first-order valence-corrected chi connectivity index (χ1v) is 8.87. The number of carbonyl (C=O) groups is 1. The molecule has 5 heteroatoms. The highest BCUT2D eigenvalue weighted by Gasteiger charge is 2.40. The van der Waals surface area contributed by atoms with Crippen LogP contribution < -0.4 is 0 Å². The van der Waals surface area contributed by atoms with Crippen LogP contribution in [0, 0.1) is 11.6 Å². The minimum atomic E-state index is -0.621. The molecule has 1 aliphatic carbocycles. The Hall–Kier alpha value is -1.08. The molecule has 1 aliphatic heterocycles. The Balaban J connectivity index is 1.94. The van der Waals surface area contributed by atoms with E-state index in [1.807, 2.05) is 18.2 Å². The summed E-state index contributed by atoms with van der Waals surface area (Å²) >= 11 is 2.23. The van der Waals surface area contributed by atoms with Gasteiger partial charge in [0.25, 0.3) is 0 Å². The van der Waals surface area contributed by atoms with Crippen LogP contribution in [0.3, 0.4) is 0 Å². The molecule has 0 saturated carbocycles. The number of carbonyl (C=O) groups excluding carboxylic acids is 1. The van der Waals surface area contributed by atoms with Gasteiger partial charge in [0.15, 0.2) is 5.78 Å². The van der Waals surface area contributed by atoms with E-state index in [1.54, 1.807) is 0 Å². The van der Waals surface area contributed by atoms with E-state index in [1.165, 1.54) is 12.1 Å². The molecule has 0 aromatic heterocycles. The molecule has 0 unspecified atom stereocenters. The van der Waals surface area contributed by atoms with Crippen molar-refractivity contribution in [2.75, 3.05) is 13.1 Å². The highest BCUT2D eigenvalue weighted by Crippen LogP contribution is 2.45. The number of hydrogen-bond donors (Lipinski definition) is 0. The zero-order chi connectivity index (χ0) is 16.4. The number of Topliss-reactive ketones (excluding diaryl/α,β-unsaturated/α-hetero) is 1. The van der Waals surface area contributed by atoms with Crippen LogP contribution in [-0.4, -0.2) is 23.8 Å². The number of benzene rings is 1. The molecule has 0 N–H and O–H groups in total. The van der Waals surface area contributed by atoms with Crippen molar-refractivity contribution < 1.29 is 13.6 Å². The summed E-state index contributed by atoms with van der Waals surface area (Å²) < 4.78 is 27.4. The van der Waals surface area contributed by atoms with Gasteiger partial charge in [0.2, 0.25) is 0 Å². The van der Waals surface area contributed by atoms with E-state index in [4.69, 9.17) is 0 Å². The second kappa shape index (κ2) is 6.81. The molecule has 0 radical (unpaired) electrons. The minimum Gasteiger partial charge on any atom is -0.294 e. The predicted octanol–water partition coefficient (Wildman–Crippen LogP) is 4.49. The average molecular weight is 429 g/mol. The summed E-state index contributed by atoms with van der Waals surface area (Å²) in [6, 6.07) is 3.62. The van der Waals surface area contributed by atoms with E-state index in [-0.39, 0.29) is 5.78 Å². The number of likely N-dealkylation sites (tertiary alicyclic amines) is 1. The summed E-state index contributed by atoms with van der Waals surface area (Å²) in [5.74, 6) is -0.716. The second-order valence-corrected chi connectivity index (χ2v) is 7.79. The van der Waals surface area contributed by atoms with Gasteiger partial charge in [-0.1, -0.05) is 40.8 Å². The SMILES string of the molecule is O=C1CC=CC=C1CN1CCCC[C@]1(I)c1cc(F)ccc1F. The van der Waals surface area contributed by atoms with Gasteiger partial charge >= 0.3 is 0 Å². The van der Waals surface area contributed by atoms with E-state index in [9.17, 15) is 13.6 Å². The van der Waals surface area contributed by atoms with E-state index in [0.29, 0.717) is 18.5 Å². The molecule has 1 aromatic carbocycles. The summed E-state index contributed by atoms with van der Waals surface area (Å²) in [5, 5.41) is 0. The summed E-state index contributed by atoms with van der Waals surface area (Å²) in [6.45, 7) is 1.25. The van der Waals surface area contributed by atoms with Gasteiger partial charge < -0.3 is 0 Å². The number of allylic oxidation sites excluding steroid dienone is 3. The molecule has 0 spiro atoms. The Labute approximate surface area is 148 Å². The molecule has 1 atom stereocenters. The van der Waals surface area contributed by atoms with Crippen molar-refractivity contribution in [3.8, 4) is 0 Å². The monoisotopic (exact) mass is 429 g/mol. The quantitative estimate of drug-likeness (QED) is 0.401. The molecule has 1 aromatic rings. The second-order valence-electron chi connectivity index (χ2n) is 6.01. The van der Waals surface area contributed by atoms with Crippen molar-refractivity contribution in [1.29, 1.82) is 0 Å². The van der Waals surface area contributed by atoms with Crippen LogP contribution in [0.15, 0.2) is 42.0 Å². The molecule has 2 aliphatic rings. The fourth-order valence-corrected chi connectivity index (χ4v) is 4.43. The van der Waals surface area contributed by atoms with Crippen LogP contribution in [0.1, 0.15) is 31.2 Å². The number of piperidine rings is 1. The number of hydrogen-bond acceptors (Lipinski definition) is 2. The van der Waals surface area contributed by atoms with Gasteiger partial charge in [-0.2, -0.15) is 0 Å². The van der Waals surface area contributed by atoms with Gasteiger partial charge in [0, 0.05) is 30.6 Å². The molecular weight excluding hydrogens is 411 g/mol. The Bertz CT molecular complexity index is 686. The number of alkyl halides is 1. The Kier molecular flexibility index (Phi) is 4.96. The average Bonchev–Trinajstić information content (AvgIpc) is 2.54. The first-order valence-electron chi connectivity index (χ1n) is 7.79. The smallest absolute Gasteiger partial charge is 0.163 e. The number of rotatable bonds is 3. The molecule has 1 fully saturated rings. The normalized spacial score (nSPS) is 25.5. The van der Waals surface area contributed by atoms with Gasteiger partial charge in [-0.25, -0.2) is 8.78 Å². The molecule has 122 valence electrons. The van der Waals surface area contributed by atoms with Gasteiger partial charge in [-0.05, 0) is 37.5 Å². The first kappa shape index (κ1) is 16.8. The van der Waals surface area contributed by atoms with Crippen LogP contribution in [0.5, 0.6) is 0 Å². The molecule has 3 rings (SSSR count). The fraction of sp³-hybridized carbons (Fsp3) is 0.389. The maximum absolute atomic E-state index is 14.3. The standard InChI is InChI=1S/C18H18F2INO/c19-14-7-8-16(20)15(11-14)18(21)9-3-4-10-22(18)12-13-5-1-2-6-17(13)23/h1-2,5,7-8,11H,3-4,6,9-10,12H2/t18-/m1/s1. The zero-order valence-corrected chi connectivity index (χ0v) is 14.9. The summed E-state index contributed by atoms with van der Waals surface area (Å²) in [5.41, 5.74) is 1.12. The maximum atomic E-state index is 14.3. The Morgan fingerprint density at radius 2 is 2.09 bits per heavy atom. The summed E-state index contributed by atoms with van der Waals surface area (Å²) in [6.07, 6.45) is 8.68.